The van der Waals surface area contributed by atoms with Crippen molar-refractivity contribution < 1.29 is 9.59 Å². The third-order valence-corrected chi connectivity index (χ3v) is 5.57. The van der Waals surface area contributed by atoms with Gasteiger partial charge in [-0.05, 0) is 50.9 Å². The average molecular weight is 357 g/mol. The minimum absolute atomic E-state index is 0.0447. The molecular formula is C21H31N3O2. The maximum Gasteiger partial charge on any atom is 0.236 e. The topological polar surface area (TPSA) is 52.7 Å². The van der Waals surface area contributed by atoms with Gasteiger partial charge in [-0.1, -0.05) is 37.5 Å². The molecule has 0 radical (unpaired) electrons. The summed E-state index contributed by atoms with van der Waals surface area (Å²) in [6, 6.07) is 9.62. The second-order valence-electron chi connectivity index (χ2n) is 7.55. The normalized spacial score (nSPS) is 20.2. The Kier molecular flexibility index (Phi) is 7.06. The standard InChI is InChI=1S/C21H31N3O2/c25-20(24-13-7-2-1-3-8-14-24)17-23-15-11-18(12-16-23)21(26)22-19-9-5-4-6-10-19/h4-6,9-10,18H,1-3,7-8,11-17H2,(H,22,26). The predicted octanol–water partition coefficient (Wildman–Crippen LogP) is 3.13. The first-order chi connectivity index (χ1) is 12.7. The Labute approximate surface area is 156 Å². The van der Waals surface area contributed by atoms with Gasteiger partial charge in [0.1, 0.15) is 0 Å². The molecular weight excluding hydrogens is 326 g/mol. The van der Waals surface area contributed by atoms with Gasteiger partial charge in [0.15, 0.2) is 0 Å². The van der Waals surface area contributed by atoms with Crippen molar-refractivity contribution in [1.29, 1.82) is 0 Å². The molecule has 2 saturated heterocycles. The Morgan fingerprint density at radius 3 is 2.15 bits per heavy atom. The summed E-state index contributed by atoms with van der Waals surface area (Å²) in [6.45, 7) is 3.98. The van der Waals surface area contributed by atoms with Crippen LogP contribution in [0.1, 0.15) is 44.9 Å². The van der Waals surface area contributed by atoms with Gasteiger partial charge in [-0.25, -0.2) is 0 Å². The fraction of sp³-hybridized carbons (Fsp3) is 0.619. The lowest BCUT2D eigenvalue weighted by Crippen LogP contribution is -2.45. The van der Waals surface area contributed by atoms with Crippen molar-refractivity contribution in [2.24, 2.45) is 5.92 Å². The number of nitrogens with zero attached hydrogens (tertiary/aromatic N) is 2. The van der Waals surface area contributed by atoms with Crippen LogP contribution in [0.25, 0.3) is 0 Å². The van der Waals surface area contributed by atoms with Crippen LogP contribution in [-0.2, 0) is 9.59 Å². The van der Waals surface area contributed by atoms with Crippen LogP contribution in [0.3, 0.4) is 0 Å². The van der Waals surface area contributed by atoms with Crippen molar-refractivity contribution in [3.8, 4) is 0 Å². The van der Waals surface area contributed by atoms with Crippen LogP contribution in [0.15, 0.2) is 30.3 Å². The summed E-state index contributed by atoms with van der Waals surface area (Å²) in [5, 5.41) is 3.00. The van der Waals surface area contributed by atoms with Crippen molar-refractivity contribution in [1.82, 2.24) is 9.80 Å². The quantitative estimate of drug-likeness (QED) is 0.901. The second kappa shape index (κ2) is 9.72. The van der Waals surface area contributed by atoms with E-state index in [0.717, 1.165) is 57.5 Å². The molecule has 0 saturated carbocycles. The number of piperidine rings is 1. The van der Waals surface area contributed by atoms with Crippen LogP contribution in [0.5, 0.6) is 0 Å². The summed E-state index contributed by atoms with van der Waals surface area (Å²) in [6.07, 6.45) is 7.71. The van der Waals surface area contributed by atoms with Gasteiger partial charge in [-0.15, -0.1) is 0 Å². The maximum absolute atomic E-state index is 12.6. The zero-order valence-corrected chi connectivity index (χ0v) is 15.7. The van der Waals surface area contributed by atoms with E-state index in [9.17, 15) is 9.59 Å². The molecule has 0 aromatic heterocycles. The second-order valence-corrected chi connectivity index (χ2v) is 7.55. The van der Waals surface area contributed by atoms with Gasteiger partial charge in [0, 0.05) is 24.7 Å². The number of hydrogen-bond donors (Lipinski definition) is 1. The van der Waals surface area contributed by atoms with Crippen LogP contribution in [0.2, 0.25) is 0 Å². The van der Waals surface area contributed by atoms with E-state index in [2.05, 4.69) is 10.2 Å². The van der Waals surface area contributed by atoms with Crippen molar-refractivity contribution in [3.05, 3.63) is 30.3 Å². The lowest BCUT2D eigenvalue weighted by molar-refractivity contribution is -0.133. The molecule has 2 amide bonds. The highest BCUT2D eigenvalue weighted by Gasteiger charge is 2.27. The molecule has 26 heavy (non-hydrogen) atoms. The molecule has 1 N–H and O–H groups in total. The number of carbonyl (C=O) groups excluding carboxylic acids is 2. The molecule has 1 aromatic carbocycles. The summed E-state index contributed by atoms with van der Waals surface area (Å²) in [7, 11) is 0. The van der Waals surface area contributed by atoms with Crippen LogP contribution < -0.4 is 5.32 Å². The van der Waals surface area contributed by atoms with Crippen molar-refractivity contribution in [3.63, 3.8) is 0 Å². The number of nitrogens with one attached hydrogen (secondary N) is 1. The Morgan fingerprint density at radius 2 is 1.50 bits per heavy atom. The molecule has 5 nitrogen and oxygen atoms in total. The summed E-state index contributed by atoms with van der Waals surface area (Å²) < 4.78 is 0. The predicted molar refractivity (Wildman–Crippen MR) is 104 cm³/mol. The maximum atomic E-state index is 12.6. The summed E-state index contributed by atoms with van der Waals surface area (Å²) >= 11 is 0. The van der Waals surface area contributed by atoms with Gasteiger partial charge < -0.3 is 10.2 Å². The van der Waals surface area contributed by atoms with E-state index in [-0.39, 0.29) is 17.7 Å². The Balaban J connectivity index is 1.41. The van der Waals surface area contributed by atoms with Gasteiger partial charge in [-0.2, -0.15) is 0 Å². The molecule has 2 aliphatic heterocycles. The molecule has 2 fully saturated rings. The lowest BCUT2D eigenvalue weighted by Gasteiger charge is -2.33. The highest BCUT2D eigenvalue weighted by Crippen LogP contribution is 2.20. The molecule has 1 aromatic rings. The SMILES string of the molecule is O=C(Nc1ccccc1)C1CCN(CC(=O)N2CCCCCCC2)CC1. The third kappa shape index (κ3) is 5.56. The molecule has 142 valence electrons. The zero-order chi connectivity index (χ0) is 18.2. The monoisotopic (exact) mass is 357 g/mol. The van der Waals surface area contributed by atoms with Gasteiger partial charge in [0.2, 0.25) is 11.8 Å². The Bertz CT molecular complexity index is 574. The number of amides is 2. The number of anilines is 1. The largest absolute Gasteiger partial charge is 0.342 e. The first-order valence-corrected chi connectivity index (χ1v) is 10.1. The van der Waals surface area contributed by atoms with Crippen LogP contribution >= 0.6 is 0 Å². The Morgan fingerprint density at radius 1 is 0.885 bits per heavy atom. The fourth-order valence-corrected chi connectivity index (χ4v) is 3.91. The van der Waals surface area contributed by atoms with Gasteiger partial charge in [-0.3, -0.25) is 14.5 Å². The van der Waals surface area contributed by atoms with Gasteiger partial charge in [0.25, 0.3) is 0 Å². The minimum atomic E-state index is 0.0447. The first-order valence-electron chi connectivity index (χ1n) is 10.1. The highest BCUT2D eigenvalue weighted by molar-refractivity contribution is 5.92. The van der Waals surface area contributed by atoms with E-state index >= 15 is 0 Å². The van der Waals surface area contributed by atoms with Gasteiger partial charge in [0.05, 0.1) is 6.54 Å². The average Bonchev–Trinajstić information content (AvgIpc) is 2.62. The van der Waals surface area contributed by atoms with Crippen LogP contribution in [-0.4, -0.2) is 54.3 Å². The molecule has 0 bridgehead atoms. The third-order valence-electron chi connectivity index (χ3n) is 5.57. The van der Waals surface area contributed by atoms with E-state index in [1.807, 2.05) is 35.2 Å². The molecule has 0 unspecified atom stereocenters. The summed E-state index contributed by atoms with van der Waals surface area (Å²) in [5.74, 6) is 0.410. The number of rotatable bonds is 4. The smallest absolute Gasteiger partial charge is 0.236 e. The molecule has 3 rings (SSSR count). The molecule has 0 spiro atoms. The van der Waals surface area contributed by atoms with E-state index in [1.165, 1.54) is 19.3 Å². The zero-order valence-electron chi connectivity index (χ0n) is 15.7. The number of hydrogen-bond acceptors (Lipinski definition) is 3. The van der Waals surface area contributed by atoms with Crippen LogP contribution in [0.4, 0.5) is 5.69 Å². The first kappa shape index (κ1) is 18.9. The minimum Gasteiger partial charge on any atom is -0.342 e. The van der Waals surface area contributed by atoms with E-state index in [1.54, 1.807) is 0 Å². The Hall–Kier alpha value is -1.88. The van der Waals surface area contributed by atoms with Crippen molar-refractivity contribution in [2.45, 2.75) is 44.9 Å². The summed E-state index contributed by atoms with van der Waals surface area (Å²) in [4.78, 5) is 29.3. The van der Waals surface area contributed by atoms with Crippen molar-refractivity contribution in [2.75, 3.05) is 38.0 Å². The van der Waals surface area contributed by atoms with Crippen LogP contribution in [0, 0.1) is 5.92 Å². The number of likely N-dealkylation sites (tertiary alicyclic amines) is 2. The number of benzene rings is 1. The van der Waals surface area contributed by atoms with E-state index in [4.69, 9.17) is 0 Å². The highest BCUT2D eigenvalue weighted by atomic mass is 16.2. The molecule has 2 heterocycles. The molecule has 2 aliphatic rings. The summed E-state index contributed by atoms with van der Waals surface area (Å²) in [5.41, 5.74) is 0.854. The molecule has 5 heteroatoms. The van der Waals surface area contributed by atoms with Gasteiger partial charge >= 0.3 is 0 Å². The molecule has 0 atom stereocenters. The number of para-hydroxylation sites is 1. The molecule has 0 aliphatic carbocycles. The fourth-order valence-electron chi connectivity index (χ4n) is 3.91. The lowest BCUT2D eigenvalue weighted by atomic mass is 9.95. The van der Waals surface area contributed by atoms with E-state index < -0.39 is 0 Å². The number of carbonyl (C=O) groups is 2. The van der Waals surface area contributed by atoms with E-state index in [0.29, 0.717) is 6.54 Å². The van der Waals surface area contributed by atoms with Crippen molar-refractivity contribution >= 4 is 17.5 Å².